The van der Waals surface area contributed by atoms with Gasteiger partial charge in [-0.1, -0.05) is 34.8 Å². The molecular formula is C12H15Cl3N2O2S. The van der Waals surface area contributed by atoms with Crippen molar-refractivity contribution in [3.05, 3.63) is 27.2 Å². The molecule has 0 radical (unpaired) electrons. The van der Waals surface area contributed by atoms with E-state index in [0.29, 0.717) is 24.2 Å². The first-order valence-electron chi connectivity index (χ1n) is 6.18. The molecule has 1 N–H and O–H groups in total. The van der Waals surface area contributed by atoms with E-state index < -0.39 is 10.0 Å². The summed E-state index contributed by atoms with van der Waals surface area (Å²) in [6.07, 6.45) is 1.52. The molecule has 1 aromatic carbocycles. The minimum absolute atomic E-state index is 0.0539. The zero-order chi connectivity index (χ0) is 14.9. The topological polar surface area (TPSA) is 49.4 Å². The molecule has 4 nitrogen and oxygen atoms in total. The third kappa shape index (κ3) is 3.24. The molecule has 2 rings (SSSR count). The highest BCUT2D eigenvalue weighted by Crippen LogP contribution is 2.35. The third-order valence-electron chi connectivity index (χ3n) is 3.42. The lowest BCUT2D eigenvalue weighted by Crippen LogP contribution is -2.44. The number of hydrogen-bond donors (Lipinski definition) is 1. The van der Waals surface area contributed by atoms with Crippen molar-refractivity contribution < 1.29 is 8.42 Å². The van der Waals surface area contributed by atoms with Gasteiger partial charge in [0.25, 0.3) is 0 Å². The van der Waals surface area contributed by atoms with Gasteiger partial charge in [0.05, 0.1) is 10.0 Å². The van der Waals surface area contributed by atoms with Gasteiger partial charge in [-0.25, -0.2) is 8.42 Å². The molecule has 0 aliphatic carbocycles. The van der Waals surface area contributed by atoms with Crippen molar-refractivity contribution in [1.82, 2.24) is 9.62 Å². The monoisotopic (exact) mass is 356 g/mol. The second-order valence-electron chi connectivity index (χ2n) is 4.67. The summed E-state index contributed by atoms with van der Waals surface area (Å²) in [7, 11) is -1.81. The number of benzene rings is 1. The highest BCUT2D eigenvalue weighted by molar-refractivity contribution is 7.89. The molecule has 8 heteroatoms. The fourth-order valence-electron chi connectivity index (χ4n) is 2.29. The molecule has 1 saturated heterocycles. The lowest BCUT2D eigenvalue weighted by molar-refractivity contribution is 0.298. The van der Waals surface area contributed by atoms with E-state index in [1.807, 2.05) is 7.05 Å². The van der Waals surface area contributed by atoms with E-state index in [1.54, 1.807) is 0 Å². The van der Waals surface area contributed by atoms with Crippen LogP contribution in [0.2, 0.25) is 15.1 Å². The Balaban J connectivity index is 2.32. The van der Waals surface area contributed by atoms with Crippen LogP contribution in [0.5, 0.6) is 0 Å². The smallest absolute Gasteiger partial charge is 0.246 e. The predicted molar refractivity (Wildman–Crippen MR) is 82.3 cm³/mol. The van der Waals surface area contributed by atoms with Gasteiger partial charge >= 0.3 is 0 Å². The minimum atomic E-state index is -3.69. The normalized spacial score (nSPS) is 18.4. The van der Waals surface area contributed by atoms with Crippen molar-refractivity contribution in [2.75, 3.05) is 20.1 Å². The molecule has 1 fully saturated rings. The minimum Gasteiger partial charge on any atom is -0.317 e. The predicted octanol–water partition coefficient (Wildman–Crippen LogP) is 3.02. The lowest BCUT2D eigenvalue weighted by atomic mass is 10.1. The van der Waals surface area contributed by atoms with E-state index in [4.69, 9.17) is 34.8 Å². The molecule has 1 aromatic rings. The summed E-state index contributed by atoms with van der Waals surface area (Å²) in [6.45, 7) is 0.895. The maximum atomic E-state index is 12.6. The van der Waals surface area contributed by atoms with Crippen LogP contribution in [0.4, 0.5) is 0 Å². The molecule has 0 spiro atoms. The van der Waals surface area contributed by atoms with Crippen LogP contribution < -0.4 is 5.32 Å². The van der Waals surface area contributed by atoms with Crippen molar-refractivity contribution in [3.8, 4) is 0 Å². The standard InChI is InChI=1S/C12H15Cl3N2O2S/c1-16-9-2-4-17(5-3-9)20(18,19)12-10(14)6-8(13)7-11(12)15/h6-7,9,16H,2-5H2,1H3. The molecule has 0 amide bonds. The molecule has 0 atom stereocenters. The summed E-state index contributed by atoms with van der Waals surface area (Å²) in [5, 5.41) is 3.58. The molecule has 0 saturated carbocycles. The molecule has 1 aliphatic heterocycles. The Labute approximate surface area is 134 Å². The lowest BCUT2D eigenvalue weighted by Gasteiger charge is -2.31. The largest absolute Gasteiger partial charge is 0.317 e. The number of nitrogens with one attached hydrogen (secondary N) is 1. The van der Waals surface area contributed by atoms with E-state index in [-0.39, 0.29) is 14.9 Å². The number of piperidine rings is 1. The van der Waals surface area contributed by atoms with Gasteiger partial charge in [-0.15, -0.1) is 0 Å². The Morgan fingerprint density at radius 3 is 2.10 bits per heavy atom. The SMILES string of the molecule is CNC1CCN(S(=O)(=O)c2c(Cl)cc(Cl)cc2Cl)CC1. The number of nitrogens with zero attached hydrogens (tertiary/aromatic N) is 1. The molecule has 0 unspecified atom stereocenters. The average Bonchev–Trinajstić information content (AvgIpc) is 2.37. The van der Waals surface area contributed by atoms with Crippen molar-refractivity contribution in [1.29, 1.82) is 0 Å². The highest BCUT2D eigenvalue weighted by Gasteiger charge is 2.32. The number of halogens is 3. The second kappa shape index (κ2) is 6.38. The summed E-state index contributed by atoms with van der Waals surface area (Å²) in [6, 6.07) is 3.13. The molecule has 20 heavy (non-hydrogen) atoms. The van der Waals surface area contributed by atoms with Gasteiger partial charge in [0.2, 0.25) is 10.0 Å². The van der Waals surface area contributed by atoms with Gasteiger partial charge in [-0.2, -0.15) is 4.31 Å². The van der Waals surface area contributed by atoms with Gasteiger partial charge in [0, 0.05) is 24.2 Å². The molecule has 0 aromatic heterocycles. The van der Waals surface area contributed by atoms with Gasteiger partial charge < -0.3 is 5.32 Å². The van der Waals surface area contributed by atoms with Crippen LogP contribution in [0.25, 0.3) is 0 Å². The van der Waals surface area contributed by atoms with Crippen molar-refractivity contribution >= 4 is 44.8 Å². The molecule has 112 valence electrons. The van der Waals surface area contributed by atoms with Crippen LogP contribution in [0, 0.1) is 0 Å². The summed E-state index contributed by atoms with van der Waals surface area (Å²) in [4.78, 5) is -0.0619. The maximum absolute atomic E-state index is 12.6. The first-order chi connectivity index (χ1) is 9.36. The summed E-state index contributed by atoms with van der Waals surface area (Å²) in [5.74, 6) is 0. The zero-order valence-corrected chi connectivity index (χ0v) is 14.0. The molecular weight excluding hydrogens is 343 g/mol. The van der Waals surface area contributed by atoms with E-state index in [9.17, 15) is 8.42 Å². The molecule has 0 bridgehead atoms. The Morgan fingerprint density at radius 1 is 1.15 bits per heavy atom. The molecule has 1 aliphatic rings. The fraction of sp³-hybridized carbons (Fsp3) is 0.500. The van der Waals surface area contributed by atoms with Gasteiger partial charge in [0.15, 0.2) is 0 Å². The van der Waals surface area contributed by atoms with E-state index >= 15 is 0 Å². The average molecular weight is 358 g/mol. The quantitative estimate of drug-likeness (QED) is 0.904. The summed E-state index contributed by atoms with van der Waals surface area (Å²) >= 11 is 17.8. The van der Waals surface area contributed by atoms with Gasteiger partial charge in [0.1, 0.15) is 4.90 Å². The van der Waals surface area contributed by atoms with Crippen LogP contribution in [0.3, 0.4) is 0 Å². The third-order valence-corrected chi connectivity index (χ3v) is 6.46. The fourth-order valence-corrected chi connectivity index (χ4v) is 5.25. The molecule has 1 heterocycles. The van der Waals surface area contributed by atoms with Crippen molar-refractivity contribution in [3.63, 3.8) is 0 Å². The Morgan fingerprint density at radius 2 is 1.65 bits per heavy atom. The second-order valence-corrected chi connectivity index (χ2v) is 7.79. The van der Waals surface area contributed by atoms with E-state index in [0.717, 1.165) is 12.8 Å². The van der Waals surface area contributed by atoms with Crippen LogP contribution in [-0.2, 0) is 10.0 Å². The van der Waals surface area contributed by atoms with Crippen LogP contribution >= 0.6 is 34.8 Å². The number of hydrogen-bond acceptors (Lipinski definition) is 3. The van der Waals surface area contributed by atoms with Crippen molar-refractivity contribution in [2.24, 2.45) is 0 Å². The zero-order valence-electron chi connectivity index (χ0n) is 10.9. The van der Waals surface area contributed by atoms with Gasteiger partial charge in [-0.3, -0.25) is 0 Å². The Hall–Kier alpha value is -0.0400. The first kappa shape index (κ1) is 16.3. The van der Waals surface area contributed by atoms with Crippen LogP contribution in [0.1, 0.15) is 12.8 Å². The van der Waals surface area contributed by atoms with E-state index in [1.165, 1.54) is 16.4 Å². The number of rotatable bonds is 3. The van der Waals surface area contributed by atoms with E-state index in [2.05, 4.69) is 5.32 Å². The van der Waals surface area contributed by atoms with Crippen LogP contribution in [-0.4, -0.2) is 38.9 Å². The number of sulfonamides is 1. The van der Waals surface area contributed by atoms with Crippen molar-refractivity contribution in [2.45, 2.75) is 23.8 Å². The summed E-state index contributed by atoms with van der Waals surface area (Å²) < 4.78 is 26.7. The Kier molecular flexibility index (Phi) is 5.21. The summed E-state index contributed by atoms with van der Waals surface area (Å²) in [5.41, 5.74) is 0. The van der Waals surface area contributed by atoms with Gasteiger partial charge in [-0.05, 0) is 32.0 Å². The first-order valence-corrected chi connectivity index (χ1v) is 8.75. The highest BCUT2D eigenvalue weighted by atomic mass is 35.5. The Bertz CT molecular complexity index is 576. The van der Waals surface area contributed by atoms with Crippen LogP contribution in [0.15, 0.2) is 17.0 Å². The maximum Gasteiger partial charge on any atom is 0.246 e.